The number of nitrogens with one attached hydrogen (secondary N) is 1. The first-order valence-electron chi connectivity index (χ1n) is 7.14. The highest BCUT2D eigenvalue weighted by atomic mass is 35.5. The third kappa shape index (κ3) is 6.44. The molecule has 0 atom stereocenters. The van der Waals surface area contributed by atoms with Crippen molar-refractivity contribution in [3.8, 4) is 0 Å². The van der Waals surface area contributed by atoms with Gasteiger partial charge in [-0.1, -0.05) is 47.5 Å². The third-order valence-corrected chi connectivity index (χ3v) is 3.53. The number of carbonyl (C=O) groups excluding carboxylic acids is 2. The molecule has 24 heavy (non-hydrogen) atoms. The van der Waals surface area contributed by atoms with Gasteiger partial charge in [-0.2, -0.15) is 0 Å². The van der Waals surface area contributed by atoms with Crippen molar-refractivity contribution in [2.45, 2.75) is 6.54 Å². The lowest BCUT2D eigenvalue weighted by atomic mass is 10.2. The second kappa shape index (κ2) is 9.11. The molecule has 0 bridgehead atoms. The number of esters is 1. The lowest BCUT2D eigenvalue weighted by Gasteiger charge is -2.05. The molecule has 0 aromatic heterocycles. The normalized spacial score (nSPS) is 10.6. The van der Waals surface area contributed by atoms with Crippen molar-refractivity contribution in [1.29, 1.82) is 0 Å². The van der Waals surface area contributed by atoms with Crippen LogP contribution in [0, 0.1) is 0 Å². The Morgan fingerprint density at radius 1 is 0.958 bits per heavy atom. The summed E-state index contributed by atoms with van der Waals surface area (Å²) in [6.07, 6.45) is 2.85. The number of rotatable bonds is 6. The molecule has 2 rings (SSSR count). The second-order valence-corrected chi connectivity index (χ2v) is 5.77. The summed E-state index contributed by atoms with van der Waals surface area (Å²) in [6.45, 7) is 0.00550. The molecule has 0 aliphatic carbocycles. The maximum absolute atomic E-state index is 11.6. The van der Waals surface area contributed by atoms with E-state index in [1.165, 1.54) is 6.08 Å². The summed E-state index contributed by atoms with van der Waals surface area (Å²) in [5.41, 5.74) is 1.71. The van der Waals surface area contributed by atoms with Crippen molar-refractivity contribution >= 4 is 41.2 Å². The van der Waals surface area contributed by atoms with Gasteiger partial charge in [-0.25, -0.2) is 4.79 Å². The van der Waals surface area contributed by atoms with Crippen LogP contribution in [0.1, 0.15) is 11.1 Å². The largest absolute Gasteiger partial charge is 0.452 e. The topological polar surface area (TPSA) is 55.4 Å². The van der Waals surface area contributed by atoms with Crippen molar-refractivity contribution < 1.29 is 14.3 Å². The average molecular weight is 364 g/mol. The zero-order chi connectivity index (χ0) is 17.4. The standard InChI is InChI=1S/C18H15Cl2NO3/c19-15-6-1-13(2-7-15)5-10-18(23)24-12-17(22)21-11-14-3-8-16(20)9-4-14/h1-10H,11-12H2,(H,21,22). The average Bonchev–Trinajstić information content (AvgIpc) is 2.59. The summed E-state index contributed by atoms with van der Waals surface area (Å²) in [7, 11) is 0. The fraction of sp³-hybridized carbons (Fsp3) is 0.111. The first-order chi connectivity index (χ1) is 11.5. The van der Waals surface area contributed by atoms with E-state index < -0.39 is 5.97 Å². The fourth-order valence-electron chi connectivity index (χ4n) is 1.78. The monoisotopic (exact) mass is 363 g/mol. The van der Waals surface area contributed by atoms with Gasteiger partial charge in [0.1, 0.15) is 0 Å². The molecule has 2 aromatic carbocycles. The number of carbonyl (C=O) groups is 2. The summed E-state index contributed by atoms with van der Waals surface area (Å²) in [5, 5.41) is 3.90. The molecule has 0 unspecified atom stereocenters. The highest BCUT2D eigenvalue weighted by molar-refractivity contribution is 6.30. The Morgan fingerprint density at radius 2 is 1.54 bits per heavy atom. The predicted molar refractivity (Wildman–Crippen MR) is 94.7 cm³/mol. The Morgan fingerprint density at radius 3 is 2.17 bits per heavy atom. The van der Waals surface area contributed by atoms with E-state index in [0.717, 1.165) is 11.1 Å². The van der Waals surface area contributed by atoms with Gasteiger partial charge < -0.3 is 10.1 Å². The van der Waals surface area contributed by atoms with Crippen LogP contribution < -0.4 is 5.32 Å². The maximum atomic E-state index is 11.6. The fourth-order valence-corrected chi connectivity index (χ4v) is 2.03. The van der Waals surface area contributed by atoms with Crippen LogP contribution in [0.15, 0.2) is 54.6 Å². The summed E-state index contributed by atoms with van der Waals surface area (Å²) >= 11 is 11.6. The quantitative estimate of drug-likeness (QED) is 0.626. The Hall–Kier alpha value is -2.30. The molecule has 1 amide bonds. The van der Waals surface area contributed by atoms with Crippen molar-refractivity contribution in [2.24, 2.45) is 0 Å². The SMILES string of the molecule is O=C(COC(=O)C=Cc1ccc(Cl)cc1)NCc1ccc(Cl)cc1. The van der Waals surface area contributed by atoms with Crippen LogP contribution >= 0.6 is 23.2 Å². The first kappa shape index (κ1) is 18.0. The smallest absolute Gasteiger partial charge is 0.331 e. The highest BCUT2D eigenvalue weighted by Gasteiger charge is 2.05. The van der Waals surface area contributed by atoms with Crippen LogP contribution in [0.4, 0.5) is 0 Å². The van der Waals surface area contributed by atoms with Crippen molar-refractivity contribution in [3.63, 3.8) is 0 Å². The van der Waals surface area contributed by atoms with E-state index in [0.29, 0.717) is 16.6 Å². The van der Waals surface area contributed by atoms with E-state index >= 15 is 0 Å². The molecule has 0 spiro atoms. The minimum absolute atomic E-state index is 0.336. The Kier molecular flexibility index (Phi) is 6.85. The summed E-state index contributed by atoms with van der Waals surface area (Å²) in [5.74, 6) is -0.968. The van der Waals surface area contributed by atoms with Crippen LogP contribution in [-0.2, 0) is 20.9 Å². The van der Waals surface area contributed by atoms with E-state index in [2.05, 4.69) is 5.32 Å². The predicted octanol–water partition coefficient (Wildman–Crippen LogP) is 3.87. The number of hydrogen-bond donors (Lipinski definition) is 1. The van der Waals surface area contributed by atoms with E-state index in [1.54, 1.807) is 42.5 Å². The second-order valence-electron chi connectivity index (χ2n) is 4.90. The molecule has 2 aromatic rings. The van der Waals surface area contributed by atoms with Crippen molar-refractivity contribution in [3.05, 3.63) is 75.8 Å². The molecule has 0 saturated carbocycles. The Labute approximate surface area is 150 Å². The minimum atomic E-state index is -0.591. The van der Waals surface area contributed by atoms with Gasteiger partial charge in [0.2, 0.25) is 0 Å². The number of benzene rings is 2. The first-order valence-corrected chi connectivity index (χ1v) is 7.90. The minimum Gasteiger partial charge on any atom is -0.452 e. The van der Waals surface area contributed by atoms with Gasteiger partial charge in [0.05, 0.1) is 0 Å². The van der Waals surface area contributed by atoms with Gasteiger partial charge in [0, 0.05) is 22.7 Å². The number of ether oxygens (including phenoxy) is 1. The molecular formula is C18H15Cl2NO3. The third-order valence-electron chi connectivity index (χ3n) is 3.03. The highest BCUT2D eigenvalue weighted by Crippen LogP contribution is 2.11. The van der Waals surface area contributed by atoms with Gasteiger partial charge >= 0.3 is 5.97 Å². The summed E-state index contributed by atoms with van der Waals surface area (Å²) in [4.78, 5) is 23.2. The zero-order valence-electron chi connectivity index (χ0n) is 12.7. The van der Waals surface area contributed by atoms with E-state index in [1.807, 2.05) is 12.1 Å². The van der Waals surface area contributed by atoms with E-state index in [-0.39, 0.29) is 12.5 Å². The van der Waals surface area contributed by atoms with Crippen LogP contribution in [0.5, 0.6) is 0 Å². The van der Waals surface area contributed by atoms with Crippen LogP contribution in [0.3, 0.4) is 0 Å². The molecular weight excluding hydrogens is 349 g/mol. The molecule has 6 heteroatoms. The van der Waals surface area contributed by atoms with Gasteiger partial charge in [-0.3, -0.25) is 4.79 Å². The van der Waals surface area contributed by atoms with Gasteiger partial charge in [-0.15, -0.1) is 0 Å². The molecule has 0 saturated heterocycles. The lowest BCUT2D eigenvalue weighted by Crippen LogP contribution is -2.28. The molecule has 124 valence electrons. The molecule has 0 fully saturated rings. The maximum Gasteiger partial charge on any atom is 0.331 e. The zero-order valence-corrected chi connectivity index (χ0v) is 14.2. The Balaban J connectivity index is 1.71. The summed E-state index contributed by atoms with van der Waals surface area (Å²) in [6, 6.07) is 14.1. The molecule has 1 N–H and O–H groups in total. The van der Waals surface area contributed by atoms with Crippen molar-refractivity contribution in [2.75, 3.05) is 6.61 Å². The number of hydrogen-bond acceptors (Lipinski definition) is 3. The summed E-state index contributed by atoms with van der Waals surface area (Å²) < 4.78 is 4.87. The molecule has 0 heterocycles. The molecule has 0 aliphatic heterocycles. The number of halogens is 2. The van der Waals surface area contributed by atoms with Gasteiger partial charge in [-0.05, 0) is 41.5 Å². The van der Waals surface area contributed by atoms with Crippen LogP contribution in [0.25, 0.3) is 6.08 Å². The van der Waals surface area contributed by atoms with Crippen LogP contribution in [0.2, 0.25) is 10.0 Å². The van der Waals surface area contributed by atoms with E-state index in [4.69, 9.17) is 27.9 Å². The van der Waals surface area contributed by atoms with Gasteiger partial charge in [0.25, 0.3) is 5.91 Å². The van der Waals surface area contributed by atoms with E-state index in [9.17, 15) is 9.59 Å². The Bertz CT molecular complexity index is 725. The molecule has 0 aliphatic rings. The lowest BCUT2D eigenvalue weighted by molar-refractivity contribution is -0.143. The molecule has 4 nitrogen and oxygen atoms in total. The van der Waals surface area contributed by atoms with Gasteiger partial charge in [0.15, 0.2) is 6.61 Å². The van der Waals surface area contributed by atoms with Crippen LogP contribution in [-0.4, -0.2) is 18.5 Å². The van der Waals surface area contributed by atoms with Crippen molar-refractivity contribution in [1.82, 2.24) is 5.32 Å². The molecule has 0 radical (unpaired) electrons. The number of amides is 1.